The number of amides is 1. The van der Waals surface area contributed by atoms with Gasteiger partial charge in [-0.3, -0.25) is 4.79 Å². The second-order valence-corrected chi connectivity index (χ2v) is 6.28. The van der Waals surface area contributed by atoms with Crippen molar-refractivity contribution in [3.8, 4) is 11.5 Å². The summed E-state index contributed by atoms with van der Waals surface area (Å²) in [4.78, 5) is 12.6. The lowest BCUT2D eigenvalue weighted by Gasteiger charge is -2.27. The molecule has 1 aliphatic heterocycles. The molecular formula is C18H20N2O4. The summed E-state index contributed by atoms with van der Waals surface area (Å²) in [6.07, 6.45) is 4.65. The monoisotopic (exact) mass is 328 g/mol. The maximum Gasteiger partial charge on any atom is 0.290 e. The third kappa shape index (κ3) is 2.62. The Balaban J connectivity index is 1.48. The summed E-state index contributed by atoms with van der Waals surface area (Å²) in [5, 5.41) is 7.06. The summed E-state index contributed by atoms with van der Waals surface area (Å²) in [6.45, 7) is 0.412. The highest BCUT2D eigenvalue weighted by atomic mass is 16.5. The van der Waals surface area contributed by atoms with Crippen LogP contribution in [0.3, 0.4) is 0 Å². The van der Waals surface area contributed by atoms with Gasteiger partial charge in [0.25, 0.3) is 5.91 Å². The Hall–Kier alpha value is -2.50. The number of carbonyl (C=O) groups excluding carboxylic acids is 1. The lowest BCUT2D eigenvalue weighted by atomic mass is 9.95. The molecule has 1 atom stereocenters. The molecule has 2 heterocycles. The van der Waals surface area contributed by atoms with Crippen molar-refractivity contribution in [2.45, 2.75) is 38.1 Å². The minimum Gasteiger partial charge on any atom is -0.493 e. The average molecular weight is 328 g/mol. The molecule has 0 spiro atoms. The molecule has 1 aromatic heterocycles. The van der Waals surface area contributed by atoms with Crippen molar-refractivity contribution >= 4 is 5.91 Å². The predicted octanol–water partition coefficient (Wildman–Crippen LogP) is 2.30. The quantitative estimate of drug-likeness (QED) is 0.936. The molecule has 1 N–H and O–H groups in total. The molecule has 0 fully saturated rings. The number of methoxy groups -OCH3 is 1. The third-order valence-corrected chi connectivity index (χ3v) is 4.68. The number of fused-ring (bicyclic) bond motifs is 2. The standard InChI is InChI=1S/C18H20N2O4/c1-22-15-8-4-5-11-9-12(10-23-16(11)15)19-18(21)17-13-6-2-3-7-14(13)20-24-17/h4-5,8,12H,2-3,6-7,9-10H2,1H3,(H,19,21). The Morgan fingerprint density at radius 2 is 2.21 bits per heavy atom. The summed E-state index contributed by atoms with van der Waals surface area (Å²) >= 11 is 0. The van der Waals surface area contributed by atoms with E-state index in [4.69, 9.17) is 14.0 Å². The Kier molecular flexibility index (Phi) is 3.88. The van der Waals surface area contributed by atoms with E-state index in [1.165, 1.54) is 0 Å². The molecular weight excluding hydrogens is 308 g/mol. The van der Waals surface area contributed by atoms with E-state index in [-0.39, 0.29) is 11.9 Å². The van der Waals surface area contributed by atoms with Gasteiger partial charge in [0.1, 0.15) is 6.61 Å². The van der Waals surface area contributed by atoms with Crippen molar-refractivity contribution in [3.05, 3.63) is 40.8 Å². The van der Waals surface area contributed by atoms with E-state index >= 15 is 0 Å². The highest BCUT2D eigenvalue weighted by molar-refractivity contribution is 5.93. The van der Waals surface area contributed by atoms with Gasteiger partial charge in [-0.25, -0.2) is 0 Å². The van der Waals surface area contributed by atoms with Crippen LogP contribution in [0.15, 0.2) is 22.7 Å². The van der Waals surface area contributed by atoms with Crippen molar-refractivity contribution in [3.63, 3.8) is 0 Å². The first kappa shape index (κ1) is 15.1. The van der Waals surface area contributed by atoms with Crippen LogP contribution < -0.4 is 14.8 Å². The zero-order chi connectivity index (χ0) is 16.5. The van der Waals surface area contributed by atoms with Gasteiger partial charge in [0, 0.05) is 11.1 Å². The number of benzene rings is 1. The number of para-hydroxylation sites is 1. The number of nitrogens with zero attached hydrogens (tertiary/aromatic N) is 1. The average Bonchev–Trinajstić information content (AvgIpc) is 3.05. The van der Waals surface area contributed by atoms with Crippen LogP contribution in [0.5, 0.6) is 11.5 Å². The number of rotatable bonds is 3. The van der Waals surface area contributed by atoms with Crippen molar-refractivity contribution in [1.29, 1.82) is 0 Å². The van der Waals surface area contributed by atoms with Crippen LogP contribution in [0.4, 0.5) is 0 Å². The van der Waals surface area contributed by atoms with Crippen LogP contribution in [0, 0.1) is 0 Å². The number of hydrogen-bond donors (Lipinski definition) is 1. The number of carbonyl (C=O) groups is 1. The third-order valence-electron chi connectivity index (χ3n) is 4.68. The smallest absolute Gasteiger partial charge is 0.290 e. The summed E-state index contributed by atoms with van der Waals surface area (Å²) in [5.74, 6) is 1.65. The Morgan fingerprint density at radius 3 is 3.08 bits per heavy atom. The van der Waals surface area contributed by atoms with Crippen molar-refractivity contribution in [1.82, 2.24) is 10.5 Å². The summed E-state index contributed by atoms with van der Waals surface area (Å²) in [6, 6.07) is 5.70. The second kappa shape index (κ2) is 6.19. The van der Waals surface area contributed by atoms with E-state index in [0.29, 0.717) is 18.8 Å². The van der Waals surface area contributed by atoms with E-state index < -0.39 is 0 Å². The Morgan fingerprint density at radius 1 is 1.33 bits per heavy atom. The number of nitrogens with one attached hydrogen (secondary N) is 1. The topological polar surface area (TPSA) is 73.6 Å². The number of aromatic nitrogens is 1. The Bertz CT molecular complexity index is 768. The van der Waals surface area contributed by atoms with Gasteiger partial charge in [-0.05, 0) is 38.2 Å². The van der Waals surface area contributed by atoms with Crippen molar-refractivity contribution < 1.29 is 18.8 Å². The second-order valence-electron chi connectivity index (χ2n) is 6.28. The highest BCUT2D eigenvalue weighted by Gasteiger charge is 2.28. The van der Waals surface area contributed by atoms with Gasteiger partial charge in [0.05, 0.1) is 18.8 Å². The molecule has 0 bridgehead atoms. The lowest BCUT2D eigenvalue weighted by molar-refractivity contribution is 0.0876. The first-order valence-electron chi connectivity index (χ1n) is 8.33. The van der Waals surface area contributed by atoms with E-state index in [9.17, 15) is 4.79 Å². The molecule has 0 radical (unpaired) electrons. The van der Waals surface area contributed by atoms with Gasteiger partial charge in [-0.15, -0.1) is 0 Å². The molecule has 0 saturated carbocycles. The normalized spacial score (nSPS) is 19.0. The lowest BCUT2D eigenvalue weighted by Crippen LogP contribution is -2.43. The number of aryl methyl sites for hydroxylation is 1. The minimum atomic E-state index is -0.203. The largest absolute Gasteiger partial charge is 0.493 e. The van der Waals surface area contributed by atoms with Gasteiger partial charge in [0.15, 0.2) is 11.5 Å². The first-order valence-corrected chi connectivity index (χ1v) is 8.33. The van der Waals surface area contributed by atoms with Gasteiger partial charge >= 0.3 is 0 Å². The summed E-state index contributed by atoms with van der Waals surface area (Å²) in [7, 11) is 1.62. The van der Waals surface area contributed by atoms with Gasteiger partial charge in [-0.1, -0.05) is 17.3 Å². The van der Waals surface area contributed by atoms with E-state index in [1.807, 2.05) is 18.2 Å². The fourth-order valence-electron chi connectivity index (χ4n) is 3.47. The van der Waals surface area contributed by atoms with Crippen LogP contribution >= 0.6 is 0 Å². The van der Waals surface area contributed by atoms with Gasteiger partial charge < -0.3 is 19.3 Å². The van der Waals surface area contributed by atoms with E-state index in [2.05, 4.69) is 10.5 Å². The predicted molar refractivity (Wildman–Crippen MR) is 86.6 cm³/mol. The highest BCUT2D eigenvalue weighted by Crippen LogP contribution is 2.34. The molecule has 24 heavy (non-hydrogen) atoms. The van der Waals surface area contributed by atoms with Crippen LogP contribution in [-0.2, 0) is 19.3 Å². The fourth-order valence-corrected chi connectivity index (χ4v) is 3.47. The molecule has 126 valence electrons. The van der Waals surface area contributed by atoms with E-state index in [0.717, 1.165) is 54.0 Å². The zero-order valence-electron chi connectivity index (χ0n) is 13.6. The van der Waals surface area contributed by atoms with Crippen molar-refractivity contribution in [2.75, 3.05) is 13.7 Å². The van der Waals surface area contributed by atoms with Crippen LogP contribution in [0.1, 0.15) is 40.2 Å². The number of hydrogen-bond acceptors (Lipinski definition) is 5. The molecule has 0 saturated heterocycles. The summed E-state index contributed by atoms with van der Waals surface area (Å²) in [5.41, 5.74) is 2.93. The molecule has 6 nitrogen and oxygen atoms in total. The van der Waals surface area contributed by atoms with Gasteiger partial charge in [-0.2, -0.15) is 0 Å². The number of ether oxygens (including phenoxy) is 2. The molecule has 1 unspecified atom stereocenters. The molecule has 1 aliphatic carbocycles. The zero-order valence-corrected chi connectivity index (χ0v) is 13.6. The van der Waals surface area contributed by atoms with Gasteiger partial charge in [0.2, 0.25) is 5.76 Å². The maximum atomic E-state index is 12.6. The van der Waals surface area contributed by atoms with Crippen LogP contribution in [0.2, 0.25) is 0 Å². The van der Waals surface area contributed by atoms with Crippen LogP contribution in [0.25, 0.3) is 0 Å². The summed E-state index contributed by atoms with van der Waals surface area (Å²) < 4.78 is 16.4. The van der Waals surface area contributed by atoms with Crippen molar-refractivity contribution in [2.24, 2.45) is 0 Å². The first-order chi connectivity index (χ1) is 11.8. The fraction of sp³-hybridized carbons (Fsp3) is 0.444. The molecule has 2 aliphatic rings. The Labute approximate surface area is 140 Å². The van der Waals surface area contributed by atoms with Crippen LogP contribution in [-0.4, -0.2) is 30.8 Å². The molecule has 1 aromatic carbocycles. The molecule has 1 amide bonds. The SMILES string of the molecule is COc1cccc2c1OCC(NC(=O)c1onc3c1CCCC3)C2. The minimum absolute atomic E-state index is 0.0959. The van der Waals surface area contributed by atoms with E-state index in [1.54, 1.807) is 7.11 Å². The maximum absolute atomic E-state index is 12.6. The molecule has 6 heteroatoms. The molecule has 4 rings (SSSR count). The molecule has 2 aromatic rings.